The fourth-order valence-electron chi connectivity index (χ4n) is 11.4. The van der Waals surface area contributed by atoms with Crippen LogP contribution >= 0.6 is 0 Å². The number of hydrogen-bond acceptors (Lipinski definition) is 4. The van der Waals surface area contributed by atoms with Crippen molar-refractivity contribution in [3.63, 3.8) is 0 Å². The fraction of sp³-hybridized carbons (Fsp3) is 0.233. The zero-order valence-corrected chi connectivity index (χ0v) is 50.0. The number of ether oxygens (including phenoxy) is 1. The van der Waals surface area contributed by atoms with Gasteiger partial charge in [-0.2, -0.15) is 6.07 Å². The van der Waals surface area contributed by atoms with Gasteiger partial charge in [0.15, 0.2) is 0 Å². The third kappa shape index (κ3) is 10.4. The summed E-state index contributed by atoms with van der Waals surface area (Å²) in [6.07, 6.45) is 1.93. The van der Waals surface area contributed by atoms with E-state index in [1.165, 1.54) is 39.1 Å². The van der Waals surface area contributed by atoms with E-state index in [1.54, 1.807) is 0 Å². The third-order valence-electron chi connectivity index (χ3n) is 16.2. The molecule has 402 valence electrons. The van der Waals surface area contributed by atoms with Crippen molar-refractivity contribution in [3.8, 4) is 28.4 Å². The molecular formula is C73H71N4OPt-3. The SMILES string of the molecule is CC(C)(C)c1cc(N2[CH-]N(c3[c-]c(Oc4[c-]c5c(cc4)c4ccccc4n5-c4cc(C(C)(C)c5ccccc5)ccn4)cc(-c4ccccc4)c3)C(C(C)(C)c3ccccc3)=C2C(C)(C)c2ccccc2)cc(C(C)(C)C)c1.[Pt]. The van der Waals surface area contributed by atoms with Crippen molar-refractivity contribution in [1.29, 1.82) is 0 Å². The molecule has 10 aromatic rings. The number of benzene rings is 8. The predicted octanol–water partition coefficient (Wildman–Crippen LogP) is 18.8. The fourth-order valence-corrected chi connectivity index (χ4v) is 11.4. The molecule has 0 radical (unpaired) electrons. The van der Waals surface area contributed by atoms with E-state index in [0.29, 0.717) is 11.5 Å². The quantitative estimate of drug-likeness (QED) is 0.114. The molecule has 0 saturated heterocycles. The van der Waals surface area contributed by atoms with Crippen LogP contribution in [0.15, 0.2) is 218 Å². The Morgan fingerprint density at radius 3 is 1.51 bits per heavy atom. The van der Waals surface area contributed by atoms with E-state index in [2.05, 4.69) is 310 Å². The van der Waals surface area contributed by atoms with Crippen molar-refractivity contribution in [2.45, 2.75) is 110 Å². The van der Waals surface area contributed by atoms with E-state index in [9.17, 15) is 0 Å². The maximum atomic E-state index is 7.14. The van der Waals surface area contributed by atoms with Gasteiger partial charge in [-0.3, -0.25) is 0 Å². The Balaban J connectivity index is 0.00000704. The van der Waals surface area contributed by atoms with Crippen LogP contribution in [0.2, 0.25) is 0 Å². The normalized spacial score (nSPS) is 13.6. The van der Waals surface area contributed by atoms with E-state index in [4.69, 9.17) is 9.72 Å². The van der Waals surface area contributed by atoms with Crippen LogP contribution in [0, 0.1) is 18.8 Å². The smallest absolute Gasteiger partial charge is 0.135 e. The van der Waals surface area contributed by atoms with Gasteiger partial charge in [0.05, 0.1) is 0 Å². The molecule has 6 heteroatoms. The van der Waals surface area contributed by atoms with E-state index >= 15 is 0 Å². The number of pyridine rings is 1. The molecule has 0 unspecified atom stereocenters. The van der Waals surface area contributed by atoms with Gasteiger partial charge in [0.25, 0.3) is 0 Å². The number of rotatable bonds is 12. The molecule has 0 bridgehead atoms. The van der Waals surface area contributed by atoms with Crippen molar-refractivity contribution in [1.82, 2.24) is 9.55 Å². The molecule has 1 aliphatic heterocycles. The van der Waals surface area contributed by atoms with Crippen molar-refractivity contribution in [3.05, 3.63) is 270 Å². The minimum Gasteiger partial charge on any atom is -0.509 e. The number of nitrogens with zero attached hydrogens (tertiary/aromatic N) is 4. The molecule has 5 nitrogen and oxygen atoms in total. The number of aromatic nitrogens is 2. The van der Waals surface area contributed by atoms with Crippen molar-refractivity contribution in [2.75, 3.05) is 9.80 Å². The Morgan fingerprint density at radius 1 is 0.418 bits per heavy atom. The summed E-state index contributed by atoms with van der Waals surface area (Å²) in [6, 6.07) is 79.5. The average Bonchev–Trinajstić information content (AvgIpc) is 4.11. The first-order chi connectivity index (χ1) is 37.2. The van der Waals surface area contributed by atoms with E-state index in [-0.39, 0.29) is 37.3 Å². The second kappa shape index (κ2) is 21.0. The largest absolute Gasteiger partial charge is 0.509 e. The van der Waals surface area contributed by atoms with E-state index < -0.39 is 10.8 Å². The molecule has 1 aliphatic rings. The van der Waals surface area contributed by atoms with Crippen molar-refractivity contribution in [2.24, 2.45) is 0 Å². The first-order valence-corrected chi connectivity index (χ1v) is 27.4. The molecule has 2 aromatic heterocycles. The van der Waals surface area contributed by atoms with Crippen LogP contribution in [0.3, 0.4) is 0 Å². The topological polar surface area (TPSA) is 33.5 Å². The molecule has 11 rings (SSSR count). The number of para-hydroxylation sites is 1. The number of anilines is 2. The predicted molar refractivity (Wildman–Crippen MR) is 326 cm³/mol. The monoisotopic (exact) mass is 1210 g/mol. The summed E-state index contributed by atoms with van der Waals surface area (Å²) < 4.78 is 9.37. The van der Waals surface area contributed by atoms with Gasteiger partial charge in [-0.15, -0.1) is 53.6 Å². The summed E-state index contributed by atoms with van der Waals surface area (Å²) in [7, 11) is 0. The molecular weight excluding hydrogens is 1140 g/mol. The van der Waals surface area contributed by atoms with Gasteiger partial charge in [-0.1, -0.05) is 234 Å². The second-order valence-electron chi connectivity index (χ2n) is 24.7. The van der Waals surface area contributed by atoms with Gasteiger partial charge in [0.2, 0.25) is 0 Å². The Hall–Kier alpha value is -7.46. The van der Waals surface area contributed by atoms with Gasteiger partial charge in [0.1, 0.15) is 5.82 Å². The Morgan fingerprint density at radius 2 is 0.937 bits per heavy atom. The number of hydrogen-bond donors (Lipinski definition) is 0. The van der Waals surface area contributed by atoms with Crippen molar-refractivity contribution >= 4 is 33.2 Å². The van der Waals surface area contributed by atoms with Gasteiger partial charge < -0.3 is 19.1 Å². The molecule has 0 N–H and O–H groups in total. The van der Waals surface area contributed by atoms with Crippen LogP contribution in [-0.4, -0.2) is 9.55 Å². The van der Waals surface area contributed by atoms with Crippen LogP contribution in [-0.2, 0) is 48.1 Å². The number of fused-ring (bicyclic) bond motifs is 3. The van der Waals surface area contributed by atoms with Crippen molar-refractivity contribution < 1.29 is 25.8 Å². The summed E-state index contributed by atoms with van der Waals surface area (Å²) in [5.41, 5.74) is 14.3. The molecule has 0 spiro atoms. The van der Waals surface area contributed by atoms with Crippen LogP contribution in [0.4, 0.5) is 11.4 Å². The first kappa shape index (κ1) is 54.9. The average molecular weight is 1220 g/mol. The van der Waals surface area contributed by atoms with Crippen LogP contribution in [0.25, 0.3) is 38.8 Å². The van der Waals surface area contributed by atoms with Gasteiger partial charge in [0, 0.05) is 77.6 Å². The molecule has 0 aliphatic carbocycles. The van der Waals surface area contributed by atoms with Gasteiger partial charge in [-0.05, 0) is 85.5 Å². The first-order valence-electron chi connectivity index (χ1n) is 27.4. The molecule has 0 atom stereocenters. The molecule has 0 saturated carbocycles. The molecule has 79 heavy (non-hydrogen) atoms. The molecule has 0 amide bonds. The van der Waals surface area contributed by atoms with Gasteiger partial charge >= 0.3 is 0 Å². The molecule has 0 fully saturated rings. The van der Waals surface area contributed by atoms with E-state index in [0.717, 1.165) is 55.8 Å². The zero-order valence-electron chi connectivity index (χ0n) is 47.7. The Kier molecular flexibility index (Phi) is 14.6. The summed E-state index contributed by atoms with van der Waals surface area (Å²) in [4.78, 5) is 9.91. The molecule has 3 heterocycles. The molecule has 8 aromatic carbocycles. The summed E-state index contributed by atoms with van der Waals surface area (Å²) >= 11 is 0. The summed E-state index contributed by atoms with van der Waals surface area (Å²) in [5, 5.41) is 2.19. The Bertz CT molecular complexity index is 3810. The van der Waals surface area contributed by atoms with Crippen LogP contribution < -0.4 is 14.5 Å². The zero-order chi connectivity index (χ0) is 54.8. The minimum atomic E-state index is -0.520. The third-order valence-corrected chi connectivity index (χ3v) is 16.2. The summed E-state index contributed by atoms with van der Waals surface area (Å²) in [6.45, 7) is 30.2. The second-order valence-corrected chi connectivity index (χ2v) is 24.7. The maximum Gasteiger partial charge on any atom is 0.135 e. The number of allylic oxidation sites excluding steroid dienone is 2. The van der Waals surface area contributed by atoms with Crippen LogP contribution in [0.5, 0.6) is 11.5 Å². The van der Waals surface area contributed by atoms with Gasteiger partial charge in [-0.25, -0.2) is 4.98 Å². The van der Waals surface area contributed by atoms with Crippen LogP contribution in [0.1, 0.15) is 116 Å². The standard InChI is InChI=1S/C73H71N4O.Pt/c1-69(2,3)56-43-57(70(4,5)6)45-59(44-56)76-49-75(67(72(9,10)53-31-21-15-22-32-53)68(76)73(11,12)54-33-23-16-24-34-54)58-41-51(50-27-17-13-18-28-50)42-61(47-58)78-60-37-38-63-62-35-25-26-36-64(62)77(65(63)48-60)66-46-55(39-40-74-66)71(7,8)52-29-19-14-20-30-52;/h13-46,49H,1-12H3;/q-3;. The summed E-state index contributed by atoms with van der Waals surface area (Å²) in [5.74, 6) is 1.97. The van der Waals surface area contributed by atoms with E-state index in [1.807, 2.05) is 12.3 Å². The minimum absolute atomic E-state index is 0. The maximum absolute atomic E-state index is 7.14. The Labute approximate surface area is 483 Å².